The summed E-state index contributed by atoms with van der Waals surface area (Å²) in [7, 11) is 1.37. The summed E-state index contributed by atoms with van der Waals surface area (Å²) in [4.78, 5) is 26.1. The van der Waals surface area contributed by atoms with Gasteiger partial charge in [0, 0.05) is 7.05 Å². The van der Waals surface area contributed by atoms with Crippen LogP contribution in [0.25, 0.3) is 0 Å². The lowest BCUT2D eigenvalue weighted by Gasteiger charge is -2.11. The van der Waals surface area contributed by atoms with Crippen molar-refractivity contribution in [1.82, 2.24) is 9.88 Å². The van der Waals surface area contributed by atoms with Crippen molar-refractivity contribution in [2.45, 2.75) is 0 Å². The fourth-order valence-corrected chi connectivity index (χ4v) is 0.784. The number of carboxylic acid groups (broad SMARTS) is 1. The maximum atomic E-state index is 11.3. The van der Waals surface area contributed by atoms with Gasteiger partial charge in [-0.25, -0.2) is 4.98 Å². The molecule has 0 atom stereocenters. The van der Waals surface area contributed by atoms with Crippen LogP contribution in [0.5, 0.6) is 0 Å². The first-order chi connectivity index (χ1) is 6.11. The van der Waals surface area contributed by atoms with Crippen molar-refractivity contribution in [3.05, 3.63) is 18.4 Å². The van der Waals surface area contributed by atoms with E-state index in [1.54, 1.807) is 0 Å². The molecule has 6 heteroatoms. The van der Waals surface area contributed by atoms with E-state index in [-0.39, 0.29) is 12.3 Å². The number of carbonyl (C=O) groups excluding carboxylic acids is 1. The van der Waals surface area contributed by atoms with Crippen LogP contribution in [-0.4, -0.2) is 40.5 Å². The number of aliphatic carboxylic acids is 1. The second kappa shape index (κ2) is 3.70. The fraction of sp³-hybridized carbons (Fsp3) is 0.286. The maximum absolute atomic E-state index is 11.3. The minimum atomic E-state index is -1.07. The van der Waals surface area contributed by atoms with Gasteiger partial charge < -0.3 is 14.4 Å². The molecule has 1 aromatic rings. The van der Waals surface area contributed by atoms with Crippen molar-refractivity contribution in [2.75, 3.05) is 13.6 Å². The molecule has 0 bridgehead atoms. The molecule has 0 aromatic carbocycles. The lowest BCUT2D eigenvalue weighted by atomic mass is 10.4. The summed E-state index contributed by atoms with van der Waals surface area (Å²) in [6.45, 7) is -0.362. The lowest BCUT2D eigenvalue weighted by molar-refractivity contribution is -0.137. The SMILES string of the molecule is CN(CC(=O)O)C(=O)c1cnco1. The maximum Gasteiger partial charge on any atom is 0.323 e. The number of oxazole rings is 1. The molecule has 1 rings (SSSR count). The van der Waals surface area contributed by atoms with Crippen molar-refractivity contribution >= 4 is 11.9 Å². The minimum Gasteiger partial charge on any atom is -0.480 e. The van der Waals surface area contributed by atoms with Gasteiger partial charge in [0.05, 0.1) is 6.20 Å². The number of carboxylic acids is 1. The normalized spacial score (nSPS) is 9.62. The molecule has 0 fully saturated rings. The number of aromatic nitrogens is 1. The van der Waals surface area contributed by atoms with Crippen LogP contribution >= 0.6 is 0 Å². The van der Waals surface area contributed by atoms with Crippen LogP contribution in [0, 0.1) is 0 Å². The summed E-state index contributed by atoms with van der Waals surface area (Å²) < 4.78 is 4.70. The average molecular weight is 184 g/mol. The van der Waals surface area contributed by atoms with Crippen LogP contribution in [0.3, 0.4) is 0 Å². The van der Waals surface area contributed by atoms with Crippen molar-refractivity contribution in [1.29, 1.82) is 0 Å². The molecule has 0 saturated carbocycles. The Balaban J connectivity index is 2.63. The molecule has 0 radical (unpaired) electrons. The standard InChI is InChI=1S/C7H8N2O4/c1-9(3-6(10)11)7(12)5-2-8-4-13-5/h2,4H,3H2,1H3,(H,10,11). The van der Waals surface area contributed by atoms with Gasteiger partial charge in [0.15, 0.2) is 6.39 Å². The Morgan fingerprint density at radius 1 is 1.69 bits per heavy atom. The first kappa shape index (κ1) is 9.24. The van der Waals surface area contributed by atoms with Gasteiger partial charge in [0.1, 0.15) is 6.54 Å². The average Bonchev–Trinajstić information content (AvgIpc) is 2.53. The minimum absolute atomic E-state index is 0.0313. The third-order valence-electron chi connectivity index (χ3n) is 1.36. The van der Waals surface area contributed by atoms with Gasteiger partial charge in [-0.05, 0) is 0 Å². The van der Waals surface area contributed by atoms with E-state index in [1.807, 2.05) is 0 Å². The molecule has 0 aliphatic carbocycles. The number of rotatable bonds is 3. The largest absolute Gasteiger partial charge is 0.480 e. The molecule has 70 valence electrons. The number of hydrogen-bond donors (Lipinski definition) is 1. The number of likely N-dealkylation sites (N-methyl/N-ethyl adjacent to an activating group) is 1. The van der Waals surface area contributed by atoms with Crippen LogP contribution in [0.2, 0.25) is 0 Å². The summed E-state index contributed by atoms with van der Waals surface area (Å²) in [6.07, 6.45) is 2.35. The van der Waals surface area contributed by atoms with Crippen molar-refractivity contribution in [2.24, 2.45) is 0 Å². The van der Waals surface area contributed by atoms with Gasteiger partial charge in [-0.3, -0.25) is 9.59 Å². The number of amides is 1. The summed E-state index contributed by atoms with van der Waals surface area (Å²) in [6, 6.07) is 0. The molecule has 0 spiro atoms. The molecule has 0 aliphatic heterocycles. The number of hydrogen-bond acceptors (Lipinski definition) is 4. The van der Waals surface area contributed by atoms with Gasteiger partial charge >= 0.3 is 5.97 Å². The van der Waals surface area contributed by atoms with Crippen LogP contribution < -0.4 is 0 Å². The number of nitrogens with zero attached hydrogens (tertiary/aromatic N) is 2. The second-order valence-electron chi connectivity index (χ2n) is 2.42. The zero-order valence-electron chi connectivity index (χ0n) is 6.93. The highest BCUT2D eigenvalue weighted by atomic mass is 16.4. The first-order valence-electron chi connectivity index (χ1n) is 3.47. The Morgan fingerprint density at radius 2 is 2.38 bits per heavy atom. The van der Waals surface area contributed by atoms with E-state index in [4.69, 9.17) is 9.52 Å². The summed E-state index contributed by atoms with van der Waals surface area (Å²) in [5.74, 6) is -1.54. The predicted molar refractivity (Wildman–Crippen MR) is 41.1 cm³/mol. The Labute approximate surface area is 73.8 Å². The van der Waals surface area contributed by atoms with Gasteiger partial charge in [-0.2, -0.15) is 0 Å². The van der Waals surface area contributed by atoms with E-state index in [0.29, 0.717) is 0 Å². The molecule has 1 heterocycles. The summed E-state index contributed by atoms with van der Waals surface area (Å²) in [5, 5.41) is 8.39. The number of carbonyl (C=O) groups is 2. The molecule has 1 amide bonds. The van der Waals surface area contributed by atoms with Crippen LogP contribution in [0.1, 0.15) is 10.6 Å². The summed E-state index contributed by atoms with van der Waals surface area (Å²) in [5.41, 5.74) is 0. The Bertz CT molecular complexity index is 306. The van der Waals surface area contributed by atoms with E-state index in [0.717, 1.165) is 11.3 Å². The fourth-order valence-electron chi connectivity index (χ4n) is 0.784. The van der Waals surface area contributed by atoms with E-state index in [1.165, 1.54) is 13.2 Å². The third kappa shape index (κ3) is 2.29. The quantitative estimate of drug-likeness (QED) is 0.705. The highest BCUT2D eigenvalue weighted by Crippen LogP contribution is 2.00. The Kier molecular flexibility index (Phi) is 2.63. The first-order valence-corrected chi connectivity index (χ1v) is 3.47. The van der Waals surface area contributed by atoms with Crippen LogP contribution in [-0.2, 0) is 4.79 Å². The molecule has 0 saturated heterocycles. The van der Waals surface area contributed by atoms with Crippen LogP contribution in [0.4, 0.5) is 0 Å². The van der Waals surface area contributed by atoms with Gasteiger partial charge in [0.25, 0.3) is 5.91 Å². The van der Waals surface area contributed by atoms with Crippen LogP contribution in [0.15, 0.2) is 17.0 Å². The van der Waals surface area contributed by atoms with Gasteiger partial charge in [0.2, 0.25) is 5.76 Å². The molecule has 6 nitrogen and oxygen atoms in total. The highest BCUT2D eigenvalue weighted by molar-refractivity contribution is 5.92. The Morgan fingerprint density at radius 3 is 2.85 bits per heavy atom. The highest BCUT2D eigenvalue weighted by Gasteiger charge is 2.16. The topological polar surface area (TPSA) is 83.6 Å². The zero-order chi connectivity index (χ0) is 9.84. The van der Waals surface area contributed by atoms with Crippen molar-refractivity contribution in [3.8, 4) is 0 Å². The molecular weight excluding hydrogens is 176 g/mol. The molecule has 0 unspecified atom stereocenters. The molecule has 1 aromatic heterocycles. The zero-order valence-corrected chi connectivity index (χ0v) is 6.93. The lowest BCUT2D eigenvalue weighted by Crippen LogP contribution is -2.31. The van der Waals surface area contributed by atoms with E-state index >= 15 is 0 Å². The summed E-state index contributed by atoms with van der Waals surface area (Å²) >= 11 is 0. The predicted octanol–water partition coefficient (Wildman–Crippen LogP) is -0.169. The van der Waals surface area contributed by atoms with E-state index in [9.17, 15) is 9.59 Å². The smallest absolute Gasteiger partial charge is 0.323 e. The second-order valence-corrected chi connectivity index (χ2v) is 2.42. The van der Waals surface area contributed by atoms with Crippen molar-refractivity contribution in [3.63, 3.8) is 0 Å². The molecule has 13 heavy (non-hydrogen) atoms. The van der Waals surface area contributed by atoms with Crippen molar-refractivity contribution < 1.29 is 19.1 Å². The van der Waals surface area contributed by atoms with E-state index in [2.05, 4.69) is 4.98 Å². The third-order valence-corrected chi connectivity index (χ3v) is 1.36. The molecule has 1 N–H and O–H groups in total. The Hall–Kier alpha value is -1.85. The monoisotopic (exact) mass is 184 g/mol. The molecular formula is C7H8N2O4. The van der Waals surface area contributed by atoms with E-state index < -0.39 is 11.9 Å². The van der Waals surface area contributed by atoms with Gasteiger partial charge in [-0.15, -0.1) is 0 Å². The molecule has 0 aliphatic rings. The van der Waals surface area contributed by atoms with Gasteiger partial charge in [-0.1, -0.05) is 0 Å².